The normalized spacial score (nSPS) is 13.2. The molecule has 4 rings (SSSR count). The van der Waals surface area contributed by atoms with E-state index in [4.69, 9.17) is 10.5 Å². The van der Waals surface area contributed by atoms with Crippen molar-refractivity contribution in [2.45, 2.75) is 32.0 Å². The summed E-state index contributed by atoms with van der Waals surface area (Å²) in [5.41, 5.74) is 1.70. The van der Waals surface area contributed by atoms with Crippen LogP contribution in [0.15, 0.2) is 54.9 Å². The number of imidazole rings is 1. The maximum atomic E-state index is 14.5. The number of nitrogens with one attached hydrogen (secondary N) is 1. The number of pyridine rings is 2. The van der Waals surface area contributed by atoms with Gasteiger partial charge in [-0.15, -0.1) is 0 Å². The van der Waals surface area contributed by atoms with Crippen molar-refractivity contribution in [3.63, 3.8) is 0 Å². The number of fused-ring (bicyclic) bond motifs is 1. The molecule has 2 amide bonds. The SMILES string of the molecule is CCOc1c(CC(N)=O)cc([C@@](O)(CNC(=O)c2cn3cc(C)ccc3n2)C(F)(F)F)nc1-c1ccc(F)cc1. The first-order valence-corrected chi connectivity index (χ1v) is 12.1. The Hall–Kier alpha value is -4.52. The Labute approximate surface area is 225 Å². The van der Waals surface area contributed by atoms with Crippen molar-refractivity contribution < 1.29 is 37.0 Å². The molecule has 0 fully saturated rings. The minimum absolute atomic E-state index is 0.0507. The van der Waals surface area contributed by atoms with Gasteiger partial charge in [0.1, 0.15) is 28.6 Å². The van der Waals surface area contributed by atoms with Crippen molar-refractivity contribution in [2.24, 2.45) is 5.73 Å². The number of hydrogen-bond donors (Lipinski definition) is 3. The first-order valence-electron chi connectivity index (χ1n) is 12.1. The summed E-state index contributed by atoms with van der Waals surface area (Å²) in [4.78, 5) is 32.7. The third-order valence-corrected chi connectivity index (χ3v) is 6.05. The van der Waals surface area contributed by atoms with Gasteiger partial charge >= 0.3 is 6.18 Å². The molecule has 0 aliphatic heterocycles. The summed E-state index contributed by atoms with van der Waals surface area (Å²) in [7, 11) is 0. The molecule has 3 aromatic heterocycles. The van der Waals surface area contributed by atoms with E-state index in [-0.39, 0.29) is 34.9 Å². The van der Waals surface area contributed by atoms with Gasteiger partial charge in [0, 0.05) is 23.5 Å². The highest BCUT2D eigenvalue weighted by molar-refractivity contribution is 5.93. The quantitative estimate of drug-likeness (QED) is 0.269. The minimum atomic E-state index is -5.33. The van der Waals surface area contributed by atoms with E-state index in [9.17, 15) is 32.3 Å². The molecule has 4 aromatic rings. The third kappa shape index (κ3) is 5.73. The molecule has 0 radical (unpaired) electrons. The Bertz CT molecular complexity index is 1570. The number of carbonyl (C=O) groups excluding carboxylic acids is 2. The number of aliphatic hydroxyl groups is 1. The fourth-order valence-corrected chi connectivity index (χ4v) is 4.07. The van der Waals surface area contributed by atoms with Crippen molar-refractivity contribution >= 4 is 17.5 Å². The molecule has 0 spiro atoms. The van der Waals surface area contributed by atoms with E-state index in [1.807, 2.05) is 6.92 Å². The van der Waals surface area contributed by atoms with E-state index in [1.165, 1.54) is 18.3 Å². The number of amides is 2. The second kappa shape index (κ2) is 10.9. The largest absolute Gasteiger partial charge is 0.491 e. The summed E-state index contributed by atoms with van der Waals surface area (Å²) in [6, 6.07) is 8.91. The van der Waals surface area contributed by atoms with Gasteiger partial charge in [0.2, 0.25) is 11.5 Å². The number of rotatable bonds is 9. The van der Waals surface area contributed by atoms with Gasteiger partial charge in [-0.05, 0) is 55.8 Å². The molecule has 1 aromatic carbocycles. The lowest BCUT2D eigenvalue weighted by atomic mass is 9.93. The average Bonchev–Trinajstić information content (AvgIpc) is 3.31. The molecule has 0 saturated carbocycles. The number of aromatic nitrogens is 3. The number of benzene rings is 1. The van der Waals surface area contributed by atoms with Gasteiger partial charge in [0.15, 0.2) is 0 Å². The predicted octanol–water partition coefficient (Wildman–Crippen LogP) is 3.45. The molecule has 3 heterocycles. The summed E-state index contributed by atoms with van der Waals surface area (Å²) < 4.78 is 64.1. The highest BCUT2D eigenvalue weighted by atomic mass is 19.4. The van der Waals surface area contributed by atoms with Crippen LogP contribution in [-0.4, -0.2) is 50.6 Å². The van der Waals surface area contributed by atoms with Crippen LogP contribution < -0.4 is 15.8 Å². The van der Waals surface area contributed by atoms with Gasteiger partial charge in [-0.2, -0.15) is 13.2 Å². The van der Waals surface area contributed by atoms with Crippen LogP contribution in [0, 0.1) is 12.7 Å². The van der Waals surface area contributed by atoms with Crippen LogP contribution in [0.2, 0.25) is 0 Å². The van der Waals surface area contributed by atoms with E-state index in [2.05, 4.69) is 15.3 Å². The molecular weight excluding hydrogens is 534 g/mol. The zero-order chi connectivity index (χ0) is 29.2. The molecule has 0 aliphatic carbocycles. The van der Waals surface area contributed by atoms with Crippen LogP contribution in [0.5, 0.6) is 5.75 Å². The van der Waals surface area contributed by atoms with Crippen molar-refractivity contribution in [3.8, 4) is 17.0 Å². The maximum absolute atomic E-state index is 14.5. The molecule has 9 nitrogen and oxygen atoms in total. The van der Waals surface area contributed by atoms with E-state index >= 15 is 0 Å². The molecule has 0 aliphatic rings. The van der Waals surface area contributed by atoms with E-state index in [0.29, 0.717) is 5.65 Å². The fraction of sp³-hybridized carbons (Fsp3) is 0.259. The zero-order valence-electron chi connectivity index (χ0n) is 21.4. The van der Waals surface area contributed by atoms with Crippen LogP contribution in [0.25, 0.3) is 16.9 Å². The highest BCUT2D eigenvalue weighted by Gasteiger charge is 2.56. The molecule has 1 atom stereocenters. The van der Waals surface area contributed by atoms with Crippen molar-refractivity contribution in [3.05, 3.63) is 83.2 Å². The lowest BCUT2D eigenvalue weighted by Gasteiger charge is -2.31. The van der Waals surface area contributed by atoms with E-state index in [0.717, 1.165) is 23.8 Å². The Morgan fingerprint density at radius 1 is 1.10 bits per heavy atom. The number of hydrogen-bond acceptors (Lipinski definition) is 6. The molecule has 0 bridgehead atoms. The highest BCUT2D eigenvalue weighted by Crippen LogP contribution is 2.42. The number of halogens is 4. The summed E-state index contributed by atoms with van der Waals surface area (Å²) in [5, 5.41) is 13.1. The second-order valence-electron chi connectivity index (χ2n) is 9.07. The number of primary amides is 1. The fourth-order valence-electron chi connectivity index (χ4n) is 4.07. The number of nitrogens with zero attached hydrogens (tertiary/aromatic N) is 3. The van der Waals surface area contributed by atoms with E-state index in [1.54, 1.807) is 29.7 Å². The molecule has 0 unspecified atom stereocenters. The summed E-state index contributed by atoms with van der Waals surface area (Å²) in [6.45, 7) is 2.15. The Balaban J connectivity index is 1.79. The predicted molar refractivity (Wildman–Crippen MR) is 136 cm³/mol. The van der Waals surface area contributed by atoms with E-state index < -0.39 is 48.1 Å². The molecule has 210 valence electrons. The van der Waals surface area contributed by atoms with Crippen LogP contribution in [0.4, 0.5) is 17.6 Å². The number of carbonyl (C=O) groups is 2. The summed E-state index contributed by atoms with van der Waals surface area (Å²) in [6.07, 6.45) is -2.84. The molecule has 40 heavy (non-hydrogen) atoms. The van der Waals surface area contributed by atoms with Crippen molar-refractivity contribution in [2.75, 3.05) is 13.2 Å². The Kier molecular flexibility index (Phi) is 7.78. The standard InChI is InChI=1S/C27H25F4N5O4/c1-3-40-24-17(11-21(32)37)10-20(35-23(24)16-5-7-18(28)8-6-16)26(39,27(29,30)31)14-33-25(38)19-13-36-12-15(2)4-9-22(36)34-19/h4-10,12-13,39H,3,11,14H2,1-2H3,(H2,32,37)(H,33,38)/t26-/m0/s1. The lowest BCUT2D eigenvalue weighted by molar-refractivity contribution is -0.265. The zero-order valence-corrected chi connectivity index (χ0v) is 21.4. The Morgan fingerprint density at radius 3 is 2.42 bits per heavy atom. The summed E-state index contributed by atoms with van der Waals surface area (Å²) in [5.74, 6) is -2.50. The molecular formula is C27H25F4N5O4. The topological polar surface area (TPSA) is 132 Å². The van der Waals surface area contributed by atoms with Crippen LogP contribution in [-0.2, 0) is 16.8 Å². The van der Waals surface area contributed by atoms with Crippen LogP contribution in [0.3, 0.4) is 0 Å². The van der Waals surface area contributed by atoms with Crippen molar-refractivity contribution in [1.29, 1.82) is 0 Å². The van der Waals surface area contributed by atoms with Gasteiger partial charge in [-0.1, -0.05) is 6.07 Å². The first kappa shape index (κ1) is 28.5. The van der Waals surface area contributed by atoms with Crippen molar-refractivity contribution in [1.82, 2.24) is 19.7 Å². The maximum Gasteiger partial charge on any atom is 0.424 e. The van der Waals surface area contributed by atoms with Crippen LogP contribution in [0.1, 0.15) is 34.2 Å². The number of nitrogens with two attached hydrogens (primary N) is 1. The van der Waals surface area contributed by atoms with Crippen LogP contribution >= 0.6 is 0 Å². The minimum Gasteiger partial charge on any atom is -0.491 e. The average molecular weight is 560 g/mol. The first-order chi connectivity index (χ1) is 18.8. The van der Waals surface area contributed by atoms with Gasteiger partial charge in [-0.3, -0.25) is 9.59 Å². The van der Waals surface area contributed by atoms with Gasteiger partial charge in [-0.25, -0.2) is 14.4 Å². The third-order valence-electron chi connectivity index (χ3n) is 6.05. The smallest absolute Gasteiger partial charge is 0.424 e. The number of aryl methyl sites for hydroxylation is 1. The molecule has 13 heteroatoms. The number of ether oxygens (including phenoxy) is 1. The lowest BCUT2D eigenvalue weighted by Crippen LogP contribution is -2.51. The summed E-state index contributed by atoms with van der Waals surface area (Å²) >= 11 is 0. The second-order valence-corrected chi connectivity index (χ2v) is 9.07. The number of alkyl halides is 3. The molecule has 0 saturated heterocycles. The Morgan fingerprint density at radius 2 is 1.80 bits per heavy atom. The molecule has 4 N–H and O–H groups in total. The van der Waals surface area contributed by atoms with Gasteiger partial charge < -0.3 is 25.3 Å². The monoisotopic (exact) mass is 559 g/mol. The van der Waals surface area contributed by atoms with Gasteiger partial charge in [0.25, 0.3) is 5.91 Å². The van der Waals surface area contributed by atoms with Gasteiger partial charge in [0.05, 0.1) is 25.3 Å².